The van der Waals surface area contributed by atoms with E-state index in [1.807, 2.05) is 0 Å². The van der Waals surface area contributed by atoms with Gasteiger partial charge in [-0.15, -0.1) is 0 Å². The number of rotatable bonds is 10. The van der Waals surface area contributed by atoms with Gasteiger partial charge >= 0.3 is 59.1 Å². The van der Waals surface area contributed by atoms with E-state index in [9.17, 15) is 36.1 Å². The zero-order valence-corrected chi connectivity index (χ0v) is 35.1. The van der Waals surface area contributed by atoms with Gasteiger partial charge < -0.3 is 9.66 Å². The average molecular weight is 802 g/mol. The summed E-state index contributed by atoms with van der Waals surface area (Å²) in [7, 11) is -9.04. The average Bonchev–Trinajstić information content (AvgIpc) is 3.58. The fourth-order valence-electron chi connectivity index (χ4n) is 4.96. The van der Waals surface area contributed by atoms with E-state index in [0.717, 1.165) is 34.3 Å². The first-order chi connectivity index (χ1) is 25.1. The van der Waals surface area contributed by atoms with Gasteiger partial charge in [0, 0.05) is 0 Å². The van der Waals surface area contributed by atoms with Crippen LogP contribution in [-0.4, -0.2) is 67.2 Å². The summed E-state index contributed by atoms with van der Waals surface area (Å²) in [6.45, 7) is 3.18. The van der Waals surface area contributed by atoms with Crippen molar-refractivity contribution in [3.63, 3.8) is 0 Å². The first-order valence-corrected chi connectivity index (χ1v) is 18.1. The van der Waals surface area contributed by atoms with Gasteiger partial charge in [0.25, 0.3) is 21.9 Å². The summed E-state index contributed by atoms with van der Waals surface area (Å²) in [5.41, 5.74) is 2.52. The summed E-state index contributed by atoms with van der Waals surface area (Å²) < 4.78 is 65.3. The van der Waals surface area contributed by atoms with Crippen LogP contribution in [0, 0.1) is 0 Å². The van der Waals surface area contributed by atoms with Crippen LogP contribution in [0.3, 0.4) is 0 Å². The molecule has 0 bridgehead atoms. The number of carbonyl (C=O) groups excluding carboxylic acids is 2. The summed E-state index contributed by atoms with van der Waals surface area (Å²) >= 11 is 0. The summed E-state index contributed by atoms with van der Waals surface area (Å²) in [6, 6.07) is 19.8. The number of azo groups is 2. The Morgan fingerprint density at radius 3 is 1.42 bits per heavy atom. The van der Waals surface area contributed by atoms with Crippen LogP contribution in [0.1, 0.15) is 19.4 Å². The largest absolute Gasteiger partial charge is 1.00 e. The summed E-state index contributed by atoms with van der Waals surface area (Å²) in [4.78, 5) is 29.2. The number of carbonyl (C=O) groups is 2. The maximum absolute atomic E-state index is 13.0. The molecule has 6 rings (SSSR count). The van der Waals surface area contributed by atoms with Crippen molar-refractivity contribution in [1.29, 1.82) is 0 Å². The van der Waals surface area contributed by atoms with E-state index in [1.165, 1.54) is 48.5 Å². The molecule has 4 aromatic rings. The number of anilines is 2. The minimum atomic E-state index is -4.65. The maximum atomic E-state index is 13.0. The molecule has 2 amide bonds. The number of amides is 2. The molecule has 22 heteroatoms. The molecule has 2 heterocycles. The van der Waals surface area contributed by atoms with Gasteiger partial charge in [0.15, 0.2) is 12.1 Å². The van der Waals surface area contributed by atoms with Gasteiger partial charge in [0.1, 0.15) is 10.1 Å². The van der Waals surface area contributed by atoms with Crippen molar-refractivity contribution in [3.8, 4) is 0 Å². The van der Waals surface area contributed by atoms with E-state index in [-0.39, 0.29) is 80.9 Å². The minimum absolute atomic E-state index is 0. The fraction of sp³-hybridized carbons (Fsp3) is 0.121. The van der Waals surface area contributed by atoms with Crippen LogP contribution in [-0.2, 0) is 29.8 Å². The molecule has 2 aliphatic heterocycles. The van der Waals surface area contributed by atoms with E-state index in [1.54, 1.807) is 38.1 Å². The van der Waals surface area contributed by atoms with Gasteiger partial charge in [0.05, 0.1) is 49.7 Å². The molecule has 0 aromatic heterocycles. The third-order valence-electron chi connectivity index (χ3n) is 7.71. The Kier molecular flexibility index (Phi) is 13.9. The predicted octanol–water partition coefficient (Wildman–Crippen LogP) is -1.97. The van der Waals surface area contributed by atoms with Crippen LogP contribution in [0.4, 0.5) is 28.4 Å². The molecule has 0 fully saturated rings. The third kappa shape index (κ3) is 10.1. The Morgan fingerprint density at radius 2 is 1.02 bits per heavy atom. The Hall–Kier alpha value is -4.35. The Bertz CT molecular complexity index is 2480. The Balaban J connectivity index is 0.00000336. The SMILES string of the molecule is CC1=NN(c2ccc(S(=O)(=O)[O-])cc2)C(=O)C1N=Nc1ccc(C([O-])=Nc2ccc(N=NC3C(=O)N(c4ccc(S(=O)(=O)O)cc4)N=C3C)cc2)cc1.[Na+].[Na+]. The number of hydrazone groups is 2. The van der Waals surface area contributed by atoms with Crippen LogP contribution >= 0.6 is 0 Å². The molecule has 4 aromatic carbocycles. The third-order valence-corrected chi connectivity index (χ3v) is 9.43. The molecular formula is C33H25N9Na2O9S2. The summed E-state index contributed by atoms with van der Waals surface area (Å²) in [5.74, 6) is -1.59. The van der Waals surface area contributed by atoms with Crippen molar-refractivity contribution in [1.82, 2.24) is 0 Å². The van der Waals surface area contributed by atoms with Crippen LogP contribution in [0.2, 0.25) is 0 Å². The molecule has 0 spiro atoms. The topological polar surface area (TPSA) is 262 Å². The molecule has 0 saturated heterocycles. The quantitative estimate of drug-likeness (QED) is 0.0613. The van der Waals surface area contributed by atoms with Crippen molar-refractivity contribution in [3.05, 3.63) is 103 Å². The Labute approximate surface area is 358 Å². The molecule has 0 aliphatic carbocycles. The molecule has 270 valence electrons. The monoisotopic (exact) mass is 801 g/mol. The second-order valence-electron chi connectivity index (χ2n) is 11.4. The normalized spacial score (nSPS) is 17.7. The number of hydrogen-bond donors (Lipinski definition) is 1. The van der Waals surface area contributed by atoms with Gasteiger partial charge in [-0.2, -0.15) is 49.1 Å². The van der Waals surface area contributed by atoms with Crippen LogP contribution in [0.15, 0.2) is 143 Å². The van der Waals surface area contributed by atoms with Gasteiger partial charge in [-0.05, 0) is 110 Å². The summed E-state index contributed by atoms with van der Waals surface area (Å²) in [6.07, 6.45) is 0. The van der Waals surface area contributed by atoms with Crippen molar-refractivity contribution >= 4 is 77.8 Å². The van der Waals surface area contributed by atoms with Crippen molar-refractivity contribution < 1.29 is 99.8 Å². The second-order valence-corrected chi connectivity index (χ2v) is 14.2. The molecule has 2 atom stereocenters. The number of hydrogen-bond acceptors (Lipinski definition) is 15. The van der Waals surface area contributed by atoms with Crippen LogP contribution < -0.4 is 74.2 Å². The molecular weight excluding hydrogens is 777 g/mol. The molecule has 2 unspecified atom stereocenters. The Morgan fingerprint density at radius 1 is 0.636 bits per heavy atom. The van der Waals surface area contributed by atoms with E-state index in [0.29, 0.717) is 28.5 Å². The van der Waals surface area contributed by atoms with Gasteiger partial charge in [-0.3, -0.25) is 19.1 Å². The zero-order chi connectivity index (χ0) is 38.1. The van der Waals surface area contributed by atoms with E-state index in [2.05, 4.69) is 35.7 Å². The first kappa shape index (κ1) is 43.4. The van der Waals surface area contributed by atoms with E-state index >= 15 is 0 Å². The minimum Gasteiger partial charge on any atom is -0.858 e. The number of benzene rings is 4. The summed E-state index contributed by atoms with van der Waals surface area (Å²) in [5, 5.41) is 39.7. The fourth-order valence-corrected chi connectivity index (χ4v) is 5.91. The van der Waals surface area contributed by atoms with Gasteiger partial charge in [-0.1, -0.05) is 12.1 Å². The molecule has 2 aliphatic rings. The van der Waals surface area contributed by atoms with Crippen LogP contribution in [0.5, 0.6) is 0 Å². The second kappa shape index (κ2) is 17.6. The first-order valence-electron chi connectivity index (χ1n) is 15.3. The molecule has 0 radical (unpaired) electrons. The van der Waals surface area contributed by atoms with Crippen molar-refractivity contribution in [2.24, 2.45) is 35.7 Å². The van der Waals surface area contributed by atoms with E-state index in [4.69, 9.17) is 4.55 Å². The van der Waals surface area contributed by atoms with E-state index < -0.39 is 54.9 Å². The van der Waals surface area contributed by atoms with Gasteiger partial charge in [-0.25, -0.2) is 8.42 Å². The molecule has 0 saturated carbocycles. The van der Waals surface area contributed by atoms with Gasteiger partial charge in [0.2, 0.25) is 0 Å². The van der Waals surface area contributed by atoms with Crippen LogP contribution in [0.25, 0.3) is 0 Å². The molecule has 1 N–H and O–H groups in total. The smallest absolute Gasteiger partial charge is 0.858 e. The predicted molar refractivity (Wildman–Crippen MR) is 188 cm³/mol. The van der Waals surface area contributed by atoms with Crippen molar-refractivity contribution in [2.75, 3.05) is 10.0 Å². The number of nitrogens with zero attached hydrogens (tertiary/aromatic N) is 9. The number of aliphatic imine (C=N–C) groups is 1. The molecule has 55 heavy (non-hydrogen) atoms. The maximum Gasteiger partial charge on any atom is 1.00 e. The molecule has 18 nitrogen and oxygen atoms in total. The zero-order valence-electron chi connectivity index (χ0n) is 29.4. The van der Waals surface area contributed by atoms with Crippen molar-refractivity contribution in [2.45, 2.75) is 35.7 Å². The standard InChI is InChI=1S/C33H27N9O9S2.2Na/c1-19-29(32(44)41(39-19)25-11-15-27(16-12-25)52(46,47)48)37-35-23-5-3-21(4-6-23)31(43)34-22-7-9-24(10-8-22)36-38-30-20(2)40-42(33(30)45)26-13-17-28(18-14-26)53(49,50)51;;/h3-18,29-30H,1-2H3,(H,34,43)(H,46,47,48)(H,49,50,51);;/q;2*+1/p-2.